The van der Waals surface area contributed by atoms with Crippen LogP contribution in [0.25, 0.3) is 0 Å². The van der Waals surface area contributed by atoms with Crippen molar-refractivity contribution in [1.29, 1.82) is 0 Å². The van der Waals surface area contributed by atoms with E-state index < -0.39 is 17.9 Å². The lowest BCUT2D eigenvalue weighted by atomic mass is 10.1. The van der Waals surface area contributed by atoms with Gasteiger partial charge in [-0.25, -0.2) is 9.97 Å². The van der Waals surface area contributed by atoms with Crippen LogP contribution in [0.3, 0.4) is 0 Å². The second-order valence-corrected chi connectivity index (χ2v) is 4.99. The van der Waals surface area contributed by atoms with E-state index in [-0.39, 0.29) is 11.6 Å². The summed E-state index contributed by atoms with van der Waals surface area (Å²) in [7, 11) is 0. The number of halogens is 3. The van der Waals surface area contributed by atoms with Gasteiger partial charge in [0.15, 0.2) is 0 Å². The summed E-state index contributed by atoms with van der Waals surface area (Å²) in [5.74, 6) is -1.11. The SMILES string of the molecule is CCOc1ccc([C@H](C)NC(=O)c2cnc(C(F)(F)F)nc2)cc1. The Kier molecular flexibility index (Phi) is 5.38. The number of nitrogens with one attached hydrogen (secondary N) is 1. The van der Waals surface area contributed by atoms with Gasteiger partial charge < -0.3 is 10.1 Å². The van der Waals surface area contributed by atoms with Crippen molar-refractivity contribution in [1.82, 2.24) is 15.3 Å². The summed E-state index contributed by atoms with van der Waals surface area (Å²) >= 11 is 0. The largest absolute Gasteiger partial charge is 0.494 e. The normalized spacial score (nSPS) is 12.5. The summed E-state index contributed by atoms with van der Waals surface area (Å²) in [6.45, 7) is 4.20. The van der Waals surface area contributed by atoms with Crippen LogP contribution in [0, 0.1) is 0 Å². The average Bonchev–Trinajstić information content (AvgIpc) is 2.55. The van der Waals surface area contributed by atoms with E-state index in [1.54, 1.807) is 31.2 Å². The van der Waals surface area contributed by atoms with E-state index in [1.165, 1.54) is 0 Å². The molecule has 0 saturated carbocycles. The molecule has 0 fully saturated rings. The minimum Gasteiger partial charge on any atom is -0.494 e. The van der Waals surface area contributed by atoms with Crippen LogP contribution in [-0.2, 0) is 6.18 Å². The Labute approximate surface area is 136 Å². The number of rotatable bonds is 5. The van der Waals surface area contributed by atoms with Crippen molar-refractivity contribution in [3.8, 4) is 5.75 Å². The Morgan fingerprint density at radius 3 is 2.29 bits per heavy atom. The summed E-state index contributed by atoms with van der Waals surface area (Å²) in [5.41, 5.74) is 0.792. The van der Waals surface area contributed by atoms with E-state index in [4.69, 9.17) is 4.74 Å². The lowest BCUT2D eigenvalue weighted by Crippen LogP contribution is -2.27. The van der Waals surface area contributed by atoms with Crippen LogP contribution >= 0.6 is 0 Å². The number of aromatic nitrogens is 2. The van der Waals surface area contributed by atoms with Crippen LogP contribution in [0.15, 0.2) is 36.7 Å². The summed E-state index contributed by atoms with van der Waals surface area (Å²) in [6, 6.07) is 6.83. The maximum absolute atomic E-state index is 12.4. The molecular weight excluding hydrogens is 323 g/mol. The van der Waals surface area contributed by atoms with Gasteiger partial charge in [0.05, 0.1) is 18.2 Å². The zero-order valence-corrected chi connectivity index (χ0v) is 13.1. The molecule has 0 aliphatic heterocycles. The molecule has 1 atom stereocenters. The molecule has 0 unspecified atom stereocenters. The summed E-state index contributed by atoms with van der Waals surface area (Å²) in [6.07, 6.45) is -2.92. The number of carbonyl (C=O) groups is 1. The van der Waals surface area contributed by atoms with Gasteiger partial charge in [-0.05, 0) is 31.5 Å². The zero-order valence-electron chi connectivity index (χ0n) is 13.1. The van der Waals surface area contributed by atoms with Gasteiger partial charge in [0.25, 0.3) is 5.91 Å². The molecular formula is C16H16F3N3O2. The summed E-state index contributed by atoms with van der Waals surface area (Å²) in [5, 5.41) is 2.68. The average molecular weight is 339 g/mol. The molecule has 0 saturated heterocycles. The number of hydrogen-bond donors (Lipinski definition) is 1. The topological polar surface area (TPSA) is 64.1 Å². The van der Waals surface area contributed by atoms with E-state index in [9.17, 15) is 18.0 Å². The lowest BCUT2D eigenvalue weighted by molar-refractivity contribution is -0.145. The Morgan fingerprint density at radius 2 is 1.79 bits per heavy atom. The number of carbonyl (C=O) groups excluding carboxylic acids is 1. The van der Waals surface area contributed by atoms with Crippen LogP contribution in [0.2, 0.25) is 0 Å². The van der Waals surface area contributed by atoms with E-state index in [1.807, 2.05) is 6.92 Å². The van der Waals surface area contributed by atoms with Gasteiger partial charge in [-0.2, -0.15) is 13.2 Å². The van der Waals surface area contributed by atoms with Crippen molar-refractivity contribution >= 4 is 5.91 Å². The third-order valence-corrected chi connectivity index (χ3v) is 3.21. The first-order chi connectivity index (χ1) is 11.3. The first kappa shape index (κ1) is 17.7. The highest BCUT2D eigenvalue weighted by molar-refractivity contribution is 5.93. The van der Waals surface area contributed by atoms with Gasteiger partial charge in [0.1, 0.15) is 5.75 Å². The molecule has 128 valence electrons. The Balaban J connectivity index is 2.03. The van der Waals surface area contributed by atoms with E-state index >= 15 is 0 Å². The van der Waals surface area contributed by atoms with Crippen LogP contribution in [-0.4, -0.2) is 22.5 Å². The maximum Gasteiger partial charge on any atom is 0.451 e. The number of hydrogen-bond acceptors (Lipinski definition) is 4. The Morgan fingerprint density at radius 1 is 1.21 bits per heavy atom. The number of benzene rings is 1. The lowest BCUT2D eigenvalue weighted by Gasteiger charge is -2.15. The van der Waals surface area contributed by atoms with Crippen molar-refractivity contribution in [2.75, 3.05) is 6.61 Å². The third kappa shape index (κ3) is 4.43. The minimum absolute atomic E-state index is 0.0409. The molecule has 2 aromatic rings. The third-order valence-electron chi connectivity index (χ3n) is 3.21. The van der Waals surface area contributed by atoms with Crippen LogP contribution in [0.1, 0.15) is 41.6 Å². The number of alkyl halides is 3. The molecule has 1 N–H and O–H groups in total. The molecule has 5 nitrogen and oxygen atoms in total. The van der Waals surface area contributed by atoms with E-state index in [2.05, 4.69) is 15.3 Å². The highest BCUT2D eigenvalue weighted by Gasteiger charge is 2.34. The molecule has 0 aliphatic carbocycles. The summed E-state index contributed by atoms with van der Waals surface area (Å²) in [4.78, 5) is 18.4. The van der Waals surface area contributed by atoms with Crippen LogP contribution < -0.4 is 10.1 Å². The van der Waals surface area contributed by atoms with Gasteiger partial charge >= 0.3 is 6.18 Å². The minimum atomic E-state index is -4.63. The predicted molar refractivity (Wildman–Crippen MR) is 80.5 cm³/mol. The van der Waals surface area contributed by atoms with Crippen molar-refractivity contribution < 1.29 is 22.7 Å². The molecule has 2 rings (SSSR count). The van der Waals surface area contributed by atoms with Crippen molar-refractivity contribution in [3.05, 3.63) is 53.6 Å². The molecule has 1 heterocycles. The molecule has 0 bridgehead atoms. The molecule has 1 amide bonds. The quantitative estimate of drug-likeness (QED) is 0.907. The highest BCUT2D eigenvalue weighted by atomic mass is 19.4. The van der Waals surface area contributed by atoms with Crippen molar-refractivity contribution in [2.24, 2.45) is 0 Å². The van der Waals surface area contributed by atoms with Gasteiger partial charge in [-0.15, -0.1) is 0 Å². The second kappa shape index (κ2) is 7.29. The molecule has 1 aromatic carbocycles. The molecule has 1 aromatic heterocycles. The van der Waals surface area contributed by atoms with Crippen LogP contribution in [0.5, 0.6) is 5.75 Å². The fraction of sp³-hybridized carbons (Fsp3) is 0.312. The zero-order chi connectivity index (χ0) is 17.7. The number of nitrogens with zero attached hydrogens (tertiary/aromatic N) is 2. The Hall–Kier alpha value is -2.64. The van der Waals surface area contributed by atoms with Gasteiger partial charge in [-0.1, -0.05) is 12.1 Å². The monoisotopic (exact) mass is 339 g/mol. The molecule has 8 heteroatoms. The smallest absolute Gasteiger partial charge is 0.451 e. The summed E-state index contributed by atoms with van der Waals surface area (Å²) < 4.78 is 42.5. The first-order valence-electron chi connectivity index (χ1n) is 7.24. The number of amides is 1. The fourth-order valence-corrected chi connectivity index (χ4v) is 1.97. The van der Waals surface area contributed by atoms with Gasteiger partial charge in [0, 0.05) is 12.4 Å². The maximum atomic E-state index is 12.4. The fourth-order valence-electron chi connectivity index (χ4n) is 1.97. The predicted octanol–water partition coefficient (Wildman–Crippen LogP) is 3.39. The standard InChI is InChI=1S/C16H16F3N3O2/c1-3-24-13-6-4-11(5-7-13)10(2)22-14(23)12-8-20-15(21-9-12)16(17,18)19/h4-10H,3H2,1-2H3,(H,22,23)/t10-/m0/s1. The first-order valence-corrected chi connectivity index (χ1v) is 7.24. The van der Waals surface area contributed by atoms with Crippen molar-refractivity contribution in [2.45, 2.75) is 26.1 Å². The molecule has 24 heavy (non-hydrogen) atoms. The van der Waals surface area contributed by atoms with Crippen molar-refractivity contribution in [3.63, 3.8) is 0 Å². The van der Waals surface area contributed by atoms with E-state index in [0.29, 0.717) is 6.61 Å². The van der Waals surface area contributed by atoms with E-state index in [0.717, 1.165) is 23.7 Å². The molecule has 0 spiro atoms. The van der Waals surface area contributed by atoms with Gasteiger partial charge in [-0.3, -0.25) is 4.79 Å². The highest BCUT2D eigenvalue weighted by Crippen LogP contribution is 2.25. The Bertz CT molecular complexity index is 685. The number of ether oxygens (including phenoxy) is 1. The van der Waals surface area contributed by atoms with Gasteiger partial charge in [0.2, 0.25) is 5.82 Å². The second-order valence-electron chi connectivity index (χ2n) is 4.99. The van der Waals surface area contributed by atoms with Crippen LogP contribution in [0.4, 0.5) is 13.2 Å². The molecule has 0 radical (unpaired) electrons. The molecule has 0 aliphatic rings.